The van der Waals surface area contributed by atoms with Crippen molar-refractivity contribution in [3.05, 3.63) is 24.8 Å². The van der Waals surface area contributed by atoms with Crippen LogP contribution < -0.4 is 5.73 Å². The summed E-state index contributed by atoms with van der Waals surface area (Å²) in [5.74, 6) is 0. The Bertz CT molecular complexity index is 213. The van der Waals surface area contributed by atoms with Crippen LogP contribution in [0.15, 0.2) is 24.8 Å². The predicted molar refractivity (Wildman–Crippen MR) is 90.0 cm³/mol. The molecule has 118 valence electrons. The van der Waals surface area contributed by atoms with Gasteiger partial charge in [-0.15, -0.1) is 6.58 Å². The average molecular weight is 281 g/mol. The second-order valence-corrected chi connectivity index (χ2v) is 5.36. The normalized spacial score (nSPS) is 11.2. The van der Waals surface area contributed by atoms with Crippen LogP contribution in [0.4, 0.5) is 0 Å². The van der Waals surface area contributed by atoms with Gasteiger partial charge in [-0.1, -0.05) is 50.3 Å². The van der Waals surface area contributed by atoms with E-state index in [0.717, 1.165) is 19.4 Å². The van der Waals surface area contributed by atoms with Crippen LogP contribution in [0, 0.1) is 0 Å². The van der Waals surface area contributed by atoms with E-state index in [1.165, 1.54) is 57.8 Å². The molecule has 0 aromatic rings. The van der Waals surface area contributed by atoms with Crippen molar-refractivity contribution in [1.29, 1.82) is 0 Å². The summed E-state index contributed by atoms with van der Waals surface area (Å²) >= 11 is 0. The van der Waals surface area contributed by atoms with Crippen molar-refractivity contribution in [3.63, 3.8) is 0 Å². The first-order valence-corrected chi connectivity index (χ1v) is 8.45. The molecule has 0 aromatic heterocycles. The molecule has 0 spiro atoms. The monoisotopic (exact) mass is 281 g/mol. The Morgan fingerprint density at radius 2 is 1.25 bits per heavy atom. The van der Waals surface area contributed by atoms with Gasteiger partial charge in [-0.25, -0.2) is 0 Å². The molecule has 2 N–H and O–H groups in total. The van der Waals surface area contributed by atoms with Crippen molar-refractivity contribution in [1.82, 2.24) is 0 Å². The van der Waals surface area contributed by atoms with Crippen molar-refractivity contribution in [2.45, 2.75) is 70.6 Å². The predicted octanol–water partition coefficient (Wildman–Crippen LogP) is 5.00. The standard InChI is InChI=1S/C18H35NO/c1-2-3-4-5-6-7-8-9-10-11-12-13-14-15-17-20-18-16-19/h2,12-13H,1,3-11,14-19H2/b13-12+. The maximum absolute atomic E-state index is 5.35. The molecule has 0 bridgehead atoms. The zero-order chi connectivity index (χ0) is 14.7. The van der Waals surface area contributed by atoms with Gasteiger partial charge < -0.3 is 10.5 Å². The topological polar surface area (TPSA) is 35.2 Å². The molecule has 0 aromatic carbocycles. The first-order valence-electron chi connectivity index (χ1n) is 8.45. The molecular weight excluding hydrogens is 246 g/mol. The minimum absolute atomic E-state index is 0.629. The van der Waals surface area contributed by atoms with Crippen LogP contribution in [0.3, 0.4) is 0 Å². The number of hydrogen-bond donors (Lipinski definition) is 1. The van der Waals surface area contributed by atoms with E-state index < -0.39 is 0 Å². The van der Waals surface area contributed by atoms with Crippen LogP contribution >= 0.6 is 0 Å². The average Bonchev–Trinajstić information content (AvgIpc) is 2.47. The lowest BCUT2D eigenvalue weighted by Crippen LogP contribution is -2.08. The third kappa shape index (κ3) is 17.4. The molecule has 0 radical (unpaired) electrons. The van der Waals surface area contributed by atoms with E-state index in [-0.39, 0.29) is 0 Å². The molecule has 0 aliphatic heterocycles. The Morgan fingerprint density at radius 1 is 0.700 bits per heavy atom. The molecule has 0 aliphatic carbocycles. The lowest BCUT2D eigenvalue weighted by Gasteiger charge is -2.00. The van der Waals surface area contributed by atoms with E-state index in [1.54, 1.807) is 0 Å². The summed E-state index contributed by atoms with van der Waals surface area (Å²) in [6.07, 6.45) is 20.9. The first kappa shape index (κ1) is 19.4. The van der Waals surface area contributed by atoms with Crippen molar-refractivity contribution in [2.24, 2.45) is 5.73 Å². The molecule has 0 saturated heterocycles. The fourth-order valence-electron chi connectivity index (χ4n) is 2.16. The number of nitrogens with two attached hydrogens (primary N) is 1. The van der Waals surface area contributed by atoms with Crippen LogP contribution in [-0.2, 0) is 4.74 Å². The number of hydrogen-bond acceptors (Lipinski definition) is 2. The Hall–Kier alpha value is -0.600. The maximum atomic E-state index is 5.35. The summed E-state index contributed by atoms with van der Waals surface area (Å²) in [6.45, 7) is 5.91. The summed E-state index contributed by atoms with van der Waals surface area (Å²) in [7, 11) is 0. The van der Waals surface area contributed by atoms with Gasteiger partial charge in [-0.3, -0.25) is 0 Å². The number of unbranched alkanes of at least 4 members (excludes halogenated alkanes) is 9. The van der Waals surface area contributed by atoms with Crippen molar-refractivity contribution in [2.75, 3.05) is 19.8 Å². The van der Waals surface area contributed by atoms with Crippen LogP contribution in [0.1, 0.15) is 70.6 Å². The molecule has 0 rings (SSSR count). The van der Waals surface area contributed by atoms with Gasteiger partial charge in [0.25, 0.3) is 0 Å². The zero-order valence-electron chi connectivity index (χ0n) is 13.3. The molecule has 0 heterocycles. The zero-order valence-corrected chi connectivity index (χ0v) is 13.3. The molecule has 2 nitrogen and oxygen atoms in total. The third-order valence-electron chi connectivity index (χ3n) is 3.37. The fraction of sp³-hybridized carbons (Fsp3) is 0.778. The quantitative estimate of drug-likeness (QED) is 0.319. The Morgan fingerprint density at radius 3 is 1.85 bits per heavy atom. The number of allylic oxidation sites excluding steroid dienone is 3. The molecule has 0 atom stereocenters. The minimum Gasteiger partial charge on any atom is -0.380 e. The van der Waals surface area contributed by atoms with Gasteiger partial charge in [0.15, 0.2) is 0 Å². The van der Waals surface area contributed by atoms with Gasteiger partial charge in [0.2, 0.25) is 0 Å². The maximum Gasteiger partial charge on any atom is 0.0588 e. The molecule has 2 heteroatoms. The molecular formula is C18H35NO. The second kappa shape index (κ2) is 18.4. The van der Waals surface area contributed by atoms with Gasteiger partial charge in [0, 0.05) is 13.2 Å². The van der Waals surface area contributed by atoms with Crippen molar-refractivity contribution >= 4 is 0 Å². The van der Waals surface area contributed by atoms with Gasteiger partial charge in [-0.05, 0) is 38.5 Å². The summed E-state index contributed by atoms with van der Waals surface area (Å²) < 4.78 is 5.33. The number of ether oxygens (including phenoxy) is 1. The van der Waals surface area contributed by atoms with Crippen molar-refractivity contribution < 1.29 is 4.74 Å². The van der Waals surface area contributed by atoms with Crippen molar-refractivity contribution in [3.8, 4) is 0 Å². The van der Waals surface area contributed by atoms with E-state index in [0.29, 0.717) is 13.2 Å². The highest BCUT2D eigenvalue weighted by Gasteiger charge is 1.91. The number of rotatable bonds is 16. The van der Waals surface area contributed by atoms with Gasteiger partial charge in [-0.2, -0.15) is 0 Å². The molecule has 0 saturated carbocycles. The van der Waals surface area contributed by atoms with E-state index >= 15 is 0 Å². The summed E-state index contributed by atoms with van der Waals surface area (Å²) in [5.41, 5.74) is 5.35. The lowest BCUT2D eigenvalue weighted by atomic mass is 10.1. The van der Waals surface area contributed by atoms with Gasteiger partial charge in [0.1, 0.15) is 0 Å². The third-order valence-corrected chi connectivity index (χ3v) is 3.37. The van der Waals surface area contributed by atoms with E-state index in [1.807, 2.05) is 6.08 Å². The minimum atomic E-state index is 0.629. The van der Waals surface area contributed by atoms with Crippen LogP contribution in [-0.4, -0.2) is 19.8 Å². The summed E-state index contributed by atoms with van der Waals surface area (Å²) in [6, 6.07) is 0. The van der Waals surface area contributed by atoms with E-state index in [9.17, 15) is 0 Å². The Balaban J connectivity index is 3.02. The summed E-state index contributed by atoms with van der Waals surface area (Å²) in [5, 5.41) is 0. The van der Waals surface area contributed by atoms with Gasteiger partial charge >= 0.3 is 0 Å². The van der Waals surface area contributed by atoms with Crippen LogP contribution in [0.2, 0.25) is 0 Å². The fourth-order valence-corrected chi connectivity index (χ4v) is 2.16. The lowest BCUT2D eigenvalue weighted by molar-refractivity contribution is 0.139. The highest BCUT2D eigenvalue weighted by atomic mass is 16.5. The van der Waals surface area contributed by atoms with Gasteiger partial charge in [0.05, 0.1) is 6.61 Å². The van der Waals surface area contributed by atoms with E-state index in [4.69, 9.17) is 10.5 Å². The Labute approximate surface area is 126 Å². The first-order chi connectivity index (χ1) is 9.91. The molecule has 20 heavy (non-hydrogen) atoms. The molecule has 0 unspecified atom stereocenters. The summed E-state index contributed by atoms with van der Waals surface area (Å²) in [4.78, 5) is 0. The largest absolute Gasteiger partial charge is 0.380 e. The smallest absolute Gasteiger partial charge is 0.0588 e. The van der Waals surface area contributed by atoms with Crippen LogP contribution in [0.25, 0.3) is 0 Å². The highest BCUT2D eigenvalue weighted by Crippen LogP contribution is 2.10. The SMILES string of the molecule is C=CCCCCCCCCC/C=C/CCCOCCN. The van der Waals surface area contributed by atoms with E-state index in [2.05, 4.69) is 18.7 Å². The highest BCUT2D eigenvalue weighted by molar-refractivity contribution is 4.81. The van der Waals surface area contributed by atoms with Crippen LogP contribution in [0.5, 0.6) is 0 Å². The molecule has 0 aliphatic rings. The Kier molecular flexibility index (Phi) is 17.8. The second-order valence-electron chi connectivity index (χ2n) is 5.36. The molecule has 0 amide bonds. The molecule has 0 fully saturated rings.